The summed E-state index contributed by atoms with van der Waals surface area (Å²) >= 11 is 0. The molecule has 6 nitrogen and oxygen atoms in total. The quantitative estimate of drug-likeness (QED) is 0.813. The molecule has 0 aliphatic carbocycles. The van der Waals surface area contributed by atoms with E-state index in [1.807, 2.05) is 0 Å². The van der Waals surface area contributed by atoms with E-state index in [2.05, 4.69) is 0 Å². The van der Waals surface area contributed by atoms with Crippen molar-refractivity contribution in [3.05, 3.63) is 40.2 Å². The molecular weight excluding hydrogens is 238 g/mol. The van der Waals surface area contributed by atoms with Crippen LogP contribution in [0.1, 0.15) is 5.56 Å². The van der Waals surface area contributed by atoms with Crippen LogP contribution in [0, 0.1) is 11.3 Å². The summed E-state index contributed by atoms with van der Waals surface area (Å²) in [6, 6.07) is 7.82. The molecule has 0 radical (unpaired) electrons. The van der Waals surface area contributed by atoms with Gasteiger partial charge in [0.25, 0.3) is 0 Å². The van der Waals surface area contributed by atoms with Crippen molar-refractivity contribution in [2.45, 2.75) is 0 Å². The van der Waals surface area contributed by atoms with Crippen LogP contribution in [-0.2, 0) is 4.79 Å². The van der Waals surface area contributed by atoms with E-state index in [-0.39, 0.29) is 16.9 Å². The van der Waals surface area contributed by atoms with Crippen LogP contribution in [0.3, 0.4) is 0 Å². The maximum atomic E-state index is 11.4. The first-order valence-corrected chi connectivity index (χ1v) is 4.93. The lowest BCUT2D eigenvalue weighted by molar-refractivity contribution is -0.139. The van der Waals surface area contributed by atoms with Crippen molar-refractivity contribution in [3.8, 4) is 11.8 Å². The number of nitriles is 1. The van der Waals surface area contributed by atoms with Gasteiger partial charge < -0.3 is 14.3 Å². The molecule has 1 aromatic carbocycles. The molecule has 0 saturated heterocycles. The number of carbonyl (C=O) groups is 1. The topological polar surface area (TPSA) is 101 Å². The highest BCUT2D eigenvalue weighted by Gasteiger charge is 2.10. The third-order valence-corrected chi connectivity index (χ3v) is 2.20. The zero-order valence-corrected chi connectivity index (χ0v) is 9.04. The molecule has 18 heavy (non-hydrogen) atoms. The summed E-state index contributed by atoms with van der Waals surface area (Å²) in [5, 5.41) is 17.7. The Kier molecular flexibility index (Phi) is 2.98. The molecule has 6 heteroatoms. The van der Waals surface area contributed by atoms with Gasteiger partial charge in [0.2, 0.25) is 0 Å². The van der Waals surface area contributed by atoms with Crippen LogP contribution in [0.2, 0.25) is 0 Å². The van der Waals surface area contributed by atoms with Gasteiger partial charge in [-0.05, 0) is 12.1 Å². The Hall–Kier alpha value is -2.81. The molecule has 0 saturated carbocycles. The fourth-order valence-electron chi connectivity index (χ4n) is 1.45. The highest BCUT2D eigenvalue weighted by atomic mass is 16.5. The van der Waals surface area contributed by atoms with Crippen molar-refractivity contribution in [2.75, 3.05) is 6.61 Å². The normalized spacial score (nSPS) is 9.94. The van der Waals surface area contributed by atoms with Crippen LogP contribution in [0.4, 0.5) is 0 Å². The van der Waals surface area contributed by atoms with Crippen molar-refractivity contribution in [2.24, 2.45) is 0 Å². The van der Waals surface area contributed by atoms with E-state index in [0.717, 1.165) is 0 Å². The minimum atomic E-state index is -1.14. The van der Waals surface area contributed by atoms with Crippen molar-refractivity contribution < 1.29 is 19.1 Å². The highest BCUT2D eigenvalue weighted by Crippen LogP contribution is 2.24. The van der Waals surface area contributed by atoms with E-state index < -0.39 is 18.2 Å². The number of hydrogen-bond donors (Lipinski definition) is 1. The predicted octanol–water partition coefficient (Wildman–Crippen LogP) is 1.13. The van der Waals surface area contributed by atoms with Crippen LogP contribution < -0.4 is 10.4 Å². The number of benzene rings is 1. The Balaban J connectivity index is 2.56. The smallest absolute Gasteiger partial charge is 0.354 e. The summed E-state index contributed by atoms with van der Waals surface area (Å²) in [6.07, 6.45) is 0. The molecule has 1 aromatic heterocycles. The molecule has 0 fully saturated rings. The molecule has 0 aliphatic rings. The fourth-order valence-corrected chi connectivity index (χ4v) is 1.45. The largest absolute Gasteiger partial charge is 0.479 e. The van der Waals surface area contributed by atoms with Gasteiger partial charge in [-0.1, -0.05) is 12.1 Å². The highest BCUT2D eigenvalue weighted by molar-refractivity contribution is 5.83. The van der Waals surface area contributed by atoms with E-state index in [1.54, 1.807) is 18.2 Å². The summed E-state index contributed by atoms with van der Waals surface area (Å²) in [4.78, 5) is 21.8. The third-order valence-electron chi connectivity index (χ3n) is 2.20. The molecule has 0 spiro atoms. The third kappa shape index (κ3) is 2.15. The van der Waals surface area contributed by atoms with Crippen molar-refractivity contribution in [1.29, 1.82) is 5.26 Å². The zero-order chi connectivity index (χ0) is 13.1. The Morgan fingerprint density at radius 3 is 2.94 bits per heavy atom. The number of rotatable bonds is 3. The molecule has 1 N–H and O–H groups in total. The summed E-state index contributed by atoms with van der Waals surface area (Å²) in [5.41, 5.74) is -0.767. The molecule has 1 heterocycles. The summed E-state index contributed by atoms with van der Waals surface area (Å²) in [6.45, 7) is -0.539. The molecular formula is C12H7NO5. The van der Waals surface area contributed by atoms with Crippen LogP contribution >= 0.6 is 0 Å². The number of aliphatic carboxylic acids is 1. The molecule has 0 amide bonds. The standard InChI is InChI=1S/C12H7NO5/c13-5-8-4-7-2-1-3-9(17-6-10(14)15)11(7)18-12(8)16/h1-4H,6H2,(H,14,15). The Morgan fingerprint density at radius 2 is 2.28 bits per heavy atom. The molecule has 0 atom stereocenters. The molecule has 0 bridgehead atoms. The second kappa shape index (κ2) is 4.59. The molecule has 0 aliphatic heterocycles. The monoisotopic (exact) mass is 245 g/mol. The van der Waals surface area contributed by atoms with Gasteiger partial charge in [0.05, 0.1) is 0 Å². The van der Waals surface area contributed by atoms with E-state index in [1.165, 1.54) is 12.1 Å². The maximum Gasteiger partial charge on any atom is 0.354 e. The number of nitrogens with zero attached hydrogens (tertiary/aromatic N) is 1. The Morgan fingerprint density at radius 1 is 1.50 bits per heavy atom. The number of hydrogen-bond acceptors (Lipinski definition) is 5. The second-order valence-electron chi connectivity index (χ2n) is 3.42. The summed E-state index contributed by atoms with van der Waals surface area (Å²) in [5.74, 6) is -0.987. The van der Waals surface area contributed by atoms with Gasteiger partial charge >= 0.3 is 11.6 Å². The fraction of sp³-hybridized carbons (Fsp3) is 0.0833. The van der Waals surface area contributed by atoms with Gasteiger partial charge in [0.1, 0.15) is 11.6 Å². The van der Waals surface area contributed by atoms with Crippen molar-refractivity contribution in [1.82, 2.24) is 0 Å². The van der Waals surface area contributed by atoms with Crippen molar-refractivity contribution in [3.63, 3.8) is 0 Å². The van der Waals surface area contributed by atoms with E-state index >= 15 is 0 Å². The first-order valence-electron chi connectivity index (χ1n) is 4.93. The van der Waals surface area contributed by atoms with E-state index in [4.69, 9.17) is 19.5 Å². The molecule has 0 unspecified atom stereocenters. The van der Waals surface area contributed by atoms with Gasteiger partial charge in [0, 0.05) is 5.39 Å². The number of carboxylic acids is 1. The van der Waals surface area contributed by atoms with Gasteiger partial charge in [-0.3, -0.25) is 0 Å². The number of fused-ring (bicyclic) bond motifs is 1. The first-order chi connectivity index (χ1) is 8.61. The lowest BCUT2D eigenvalue weighted by atomic mass is 10.2. The number of ether oxygens (including phenoxy) is 1. The van der Waals surface area contributed by atoms with E-state index in [0.29, 0.717) is 5.39 Å². The average Bonchev–Trinajstić information content (AvgIpc) is 2.35. The maximum absolute atomic E-state index is 11.4. The lowest BCUT2D eigenvalue weighted by Gasteiger charge is -2.05. The summed E-state index contributed by atoms with van der Waals surface area (Å²) in [7, 11) is 0. The lowest BCUT2D eigenvalue weighted by Crippen LogP contribution is -2.10. The summed E-state index contributed by atoms with van der Waals surface area (Å²) < 4.78 is 9.95. The van der Waals surface area contributed by atoms with Crippen molar-refractivity contribution >= 4 is 16.9 Å². The van der Waals surface area contributed by atoms with Gasteiger partial charge in [0.15, 0.2) is 17.9 Å². The minimum absolute atomic E-state index is 0.113. The van der Waals surface area contributed by atoms with Gasteiger partial charge in [-0.2, -0.15) is 5.26 Å². The minimum Gasteiger partial charge on any atom is -0.479 e. The average molecular weight is 245 g/mol. The second-order valence-corrected chi connectivity index (χ2v) is 3.42. The van der Waals surface area contributed by atoms with Gasteiger partial charge in [-0.15, -0.1) is 0 Å². The number of para-hydroxylation sites is 1. The van der Waals surface area contributed by atoms with Crippen LogP contribution in [-0.4, -0.2) is 17.7 Å². The predicted molar refractivity (Wildman–Crippen MR) is 60.3 cm³/mol. The van der Waals surface area contributed by atoms with Crippen LogP contribution in [0.15, 0.2) is 33.5 Å². The SMILES string of the molecule is N#Cc1cc2cccc(OCC(=O)O)c2oc1=O. The Bertz CT molecular complexity index is 710. The van der Waals surface area contributed by atoms with E-state index in [9.17, 15) is 9.59 Å². The molecule has 2 rings (SSSR count). The molecule has 2 aromatic rings. The van der Waals surface area contributed by atoms with Crippen LogP contribution in [0.5, 0.6) is 5.75 Å². The first kappa shape index (κ1) is 11.7. The van der Waals surface area contributed by atoms with Crippen LogP contribution in [0.25, 0.3) is 11.0 Å². The zero-order valence-electron chi connectivity index (χ0n) is 9.04. The molecule has 90 valence electrons. The van der Waals surface area contributed by atoms with Gasteiger partial charge in [-0.25, -0.2) is 9.59 Å². The number of carboxylic acid groups (broad SMARTS) is 1. The Labute approximate surface area is 101 Å².